The molecule has 1 aliphatic rings. The van der Waals surface area contributed by atoms with Crippen molar-refractivity contribution in [3.63, 3.8) is 0 Å². The van der Waals surface area contributed by atoms with Crippen molar-refractivity contribution in [1.29, 1.82) is 5.26 Å². The Kier molecular flexibility index (Phi) is 7.65. The number of non-ortho nitro benzene ring substituents is 1. The number of nitro benzene ring substituents is 1. The third-order valence-corrected chi connectivity index (χ3v) is 6.98. The summed E-state index contributed by atoms with van der Waals surface area (Å²) in [5.74, 6) is 0.478. The molecular formula is C26H24N4O4S. The second kappa shape index (κ2) is 11.0. The molecule has 0 saturated carbocycles. The normalized spacial score (nSPS) is 14.7. The molecule has 1 fully saturated rings. The molecule has 3 aromatic carbocycles. The van der Waals surface area contributed by atoms with Crippen molar-refractivity contribution in [2.75, 3.05) is 33.3 Å². The first-order valence-corrected chi connectivity index (χ1v) is 11.9. The van der Waals surface area contributed by atoms with Crippen LogP contribution in [0.15, 0.2) is 82.6 Å². The Hall–Kier alpha value is -3.87. The zero-order chi connectivity index (χ0) is 24.8. The lowest BCUT2D eigenvalue weighted by Gasteiger charge is -2.37. The molecule has 4 rings (SSSR count). The van der Waals surface area contributed by atoms with E-state index in [1.54, 1.807) is 18.1 Å². The van der Waals surface area contributed by atoms with Crippen LogP contribution >= 0.6 is 11.8 Å². The maximum absolute atomic E-state index is 13.5. The van der Waals surface area contributed by atoms with Gasteiger partial charge < -0.3 is 9.64 Å². The Morgan fingerprint density at radius 3 is 2.34 bits per heavy atom. The molecule has 0 aromatic heterocycles. The maximum atomic E-state index is 13.5. The molecule has 9 heteroatoms. The van der Waals surface area contributed by atoms with Crippen LogP contribution in [0.4, 0.5) is 5.69 Å². The minimum absolute atomic E-state index is 0.117. The first-order valence-electron chi connectivity index (χ1n) is 11.1. The molecule has 1 aliphatic heterocycles. The third-order valence-electron chi connectivity index (χ3n) is 5.90. The van der Waals surface area contributed by atoms with Crippen molar-refractivity contribution < 1.29 is 14.5 Å². The van der Waals surface area contributed by atoms with Gasteiger partial charge in [0.05, 0.1) is 23.7 Å². The van der Waals surface area contributed by atoms with Crippen LogP contribution in [-0.2, 0) is 0 Å². The van der Waals surface area contributed by atoms with Crippen LogP contribution in [0, 0.1) is 21.4 Å². The fourth-order valence-corrected chi connectivity index (χ4v) is 4.95. The zero-order valence-electron chi connectivity index (χ0n) is 19.2. The first-order chi connectivity index (χ1) is 17.0. The molecule has 178 valence electrons. The van der Waals surface area contributed by atoms with E-state index in [1.807, 2.05) is 59.5 Å². The van der Waals surface area contributed by atoms with Crippen molar-refractivity contribution in [3.05, 3.63) is 94.0 Å². The number of carbonyl (C=O) groups excluding carboxylic acids is 1. The van der Waals surface area contributed by atoms with Crippen LogP contribution in [0.1, 0.15) is 22.0 Å². The Morgan fingerprint density at radius 1 is 1.06 bits per heavy atom. The molecule has 1 unspecified atom stereocenters. The van der Waals surface area contributed by atoms with Crippen LogP contribution in [0.3, 0.4) is 0 Å². The molecule has 0 spiro atoms. The lowest BCUT2D eigenvalue weighted by Crippen LogP contribution is -2.49. The number of carbonyl (C=O) groups is 1. The lowest BCUT2D eigenvalue weighted by atomic mass is 10.0. The van der Waals surface area contributed by atoms with Crippen molar-refractivity contribution >= 4 is 23.4 Å². The van der Waals surface area contributed by atoms with Gasteiger partial charge in [0.15, 0.2) is 0 Å². The number of rotatable bonds is 7. The molecule has 1 saturated heterocycles. The summed E-state index contributed by atoms with van der Waals surface area (Å²) in [6.07, 6.45) is 0. The number of benzene rings is 3. The van der Waals surface area contributed by atoms with E-state index in [-0.39, 0.29) is 11.6 Å². The third kappa shape index (κ3) is 5.62. The van der Waals surface area contributed by atoms with Gasteiger partial charge in [-0.3, -0.25) is 19.8 Å². The summed E-state index contributed by atoms with van der Waals surface area (Å²) in [5.41, 5.74) is 1.07. The topological polar surface area (TPSA) is 99.7 Å². The largest absolute Gasteiger partial charge is 0.497 e. The van der Waals surface area contributed by atoms with Crippen molar-refractivity contribution in [2.24, 2.45) is 0 Å². The van der Waals surface area contributed by atoms with Gasteiger partial charge in [0.25, 0.3) is 11.6 Å². The second-order valence-corrected chi connectivity index (χ2v) is 9.10. The molecule has 0 radical (unpaired) electrons. The van der Waals surface area contributed by atoms with E-state index in [9.17, 15) is 20.2 Å². The minimum atomic E-state index is -0.488. The fourth-order valence-electron chi connectivity index (χ4n) is 4.01. The molecule has 1 amide bonds. The summed E-state index contributed by atoms with van der Waals surface area (Å²) in [7, 11) is 1.60. The standard InChI is InChI=1S/C26H24N4O4S/c1-34-21-10-7-19(8-11-21)24(18-27)28-13-15-29(16-14-28)26(31)23-17-20(30(32)33)9-12-25(23)35-22-5-3-2-4-6-22/h2-12,17,24H,13-16H2,1H3. The van der Waals surface area contributed by atoms with E-state index < -0.39 is 11.0 Å². The highest BCUT2D eigenvalue weighted by Crippen LogP contribution is 2.33. The zero-order valence-corrected chi connectivity index (χ0v) is 20.0. The molecule has 8 nitrogen and oxygen atoms in total. The SMILES string of the molecule is COc1ccc(C(C#N)N2CCN(C(=O)c3cc([N+](=O)[O-])ccc3Sc3ccccc3)CC2)cc1. The van der Waals surface area contributed by atoms with E-state index >= 15 is 0 Å². The second-order valence-electron chi connectivity index (χ2n) is 7.99. The molecule has 3 aromatic rings. The number of amides is 1. The number of nitrogens with zero attached hydrogens (tertiary/aromatic N) is 4. The van der Waals surface area contributed by atoms with Crippen LogP contribution in [0.5, 0.6) is 5.75 Å². The van der Waals surface area contributed by atoms with E-state index in [2.05, 4.69) is 6.07 Å². The molecule has 1 atom stereocenters. The number of nitriles is 1. The van der Waals surface area contributed by atoms with Crippen LogP contribution < -0.4 is 4.74 Å². The number of piperazine rings is 1. The van der Waals surface area contributed by atoms with E-state index in [1.165, 1.54) is 23.9 Å². The fraction of sp³-hybridized carbons (Fsp3) is 0.231. The van der Waals surface area contributed by atoms with Crippen molar-refractivity contribution in [2.45, 2.75) is 15.8 Å². The predicted octanol–water partition coefficient (Wildman–Crippen LogP) is 4.78. The van der Waals surface area contributed by atoms with Gasteiger partial charge in [-0.2, -0.15) is 5.26 Å². The Morgan fingerprint density at radius 2 is 1.74 bits per heavy atom. The first kappa shape index (κ1) is 24.3. The average Bonchev–Trinajstić information content (AvgIpc) is 2.90. The summed E-state index contributed by atoms with van der Waals surface area (Å²) < 4.78 is 5.20. The number of ether oxygens (including phenoxy) is 1. The number of nitro groups is 1. The van der Waals surface area contributed by atoms with Crippen LogP contribution in [-0.4, -0.2) is 53.9 Å². The van der Waals surface area contributed by atoms with Gasteiger partial charge >= 0.3 is 0 Å². The number of hydrogen-bond donors (Lipinski definition) is 0. The van der Waals surface area contributed by atoms with Crippen molar-refractivity contribution in [1.82, 2.24) is 9.80 Å². The van der Waals surface area contributed by atoms with Gasteiger partial charge in [-0.15, -0.1) is 0 Å². The molecule has 0 N–H and O–H groups in total. The Bertz CT molecular complexity index is 1240. The highest BCUT2D eigenvalue weighted by molar-refractivity contribution is 7.99. The highest BCUT2D eigenvalue weighted by Gasteiger charge is 2.29. The number of hydrogen-bond acceptors (Lipinski definition) is 7. The van der Waals surface area contributed by atoms with E-state index in [0.29, 0.717) is 36.6 Å². The summed E-state index contributed by atoms with van der Waals surface area (Å²) in [5, 5.41) is 21.2. The van der Waals surface area contributed by atoms with E-state index in [4.69, 9.17) is 4.74 Å². The summed E-state index contributed by atoms with van der Waals surface area (Å²) in [6, 6.07) is 23.3. The van der Waals surface area contributed by atoms with Gasteiger partial charge in [-0.05, 0) is 35.9 Å². The van der Waals surface area contributed by atoms with Gasteiger partial charge in [0, 0.05) is 48.1 Å². The molecular weight excluding hydrogens is 464 g/mol. The van der Waals surface area contributed by atoms with Crippen LogP contribution in [0.2, 0.25) is 0 Å². The minimum Gasteiger partial charge on any atom is -0.497 e. The van der Waals surface area contributed by atoms with Gasteiger partial charge in [-0.25, -0.2) is 0 Å². The smallest absolute Gasteiger partial charge is 0.270 e. The van der Waals surface area contributed by atoms with Crippen LogP contribution in [0.25, 0.3) is 0 Å². The Labute approximate surface area is 207 Å². The summed E-state index contributed by atoms with van der Waals surface area (Å²) >= 11 is 1.40. The summed E-state index contributed by atoms with van der Waals surface area (Å²) in [4.78, 5) is 29.7. The average molecular weight is 489 g/mol. The predicted molar refractivity (Wildman–Crippen MR) is 132 cm³/mol. The monoisotopic (exact) mass is 488 g/mol. The summed E-state index contributed by atoms with van der Waals surface area (Å²) in [6.45, 7) is 1.88. The van der Waals surface area contributed by atoms with Gasteiger partial charge in [-0.1, -0.05) is 42.1 Å². The Balaban J connectivity index is 1.50. The molecule has 1 heterocycles. The van der Waals surface area contributed by atoms with Gasteiger partial charge in [0.1, 0.15) is 11.8 Å². The van der Waals surface area contributed by atoms with Gasteiger partial charge in [0.2, 0.25) is 0 Å². The molecule has 0 aliphatic carbocycles. The number of methoxy groups -OCH3 is 1. The quantitative estimate of drug-likeness (QED) is 0.349. The van der Waals surface area contributed by atoms with E-state index in [0.717, 1.165) is 16.2 Å². The van der Waals surface area contributed by atoms with Crippen molar-refractivity contribution in [3.8, 4) is 11.8 Å². The lowest BCUT2D eigenvalue weighted by molar-refractivity contribution is -0.384. The maximum Gasteiger partial charge on any atom is 0.270 e. The highest BCUT2D eigenvalue weighted by atomic mass is 32.2. The molecule has 35 heavy (non-hydrogen) atoms. The molecule has 0 bridgehead atoms.